The second-order valence-electron chi connectivity index (χ2n) is 7.48. The van der Waals surface area contributed by atoms with Gasteiger partial charge in [-0.05, 0) is 12.1 Å². The van der Waals surface area contributed by atoms with Gasteiger partial charge in [0.2, 0.25) is 0 Å². The molecule has 3 rings (SSSR count). The minimum atomic E-state index is 0.636. The molecule has 0 atom stereocenters. The second kappa shape index (κ2) is 12.2. The standard InChI is InChI=1S/C24H34N4O3/c1-25-24(27(2)19-21-9-5-6-10-22(21)29-3)26-18-20-8-4-7-11-23(20)31-17-14-28-12-15-30-16-13-28/h4-11H,12-19H2,1-3H3,(H,25,26). The van der Waals surface area contributed by atoms with Crippen molar-refractivity contribution in [3.8, 4) is 11.5 Å². The van der Waals surface area contributed by atoms with Crippen molar-refractivity contribution in [1.82, 2.24) is 15.1 Å². The Bertz CT molecular complexity index is 837. The Morgan fingerprint density at radius 2 is 1.74 bits per heavy atom. The molecule has 0 amide bonds. The summed E-state index contributed by atoms with van der Waals surface area (Å²) in [5, 5.41) is 3.45. The van der Waals surface area contributed by atoms with E-state index in [1.54, 1.807) is 14.2 Å². The quantitative estimate of drug-likeness (QED) is 0.491. The lowest BCUT2D eigenvalue weighted by molar-refractivity contribution is 0.0322. The topological polar surface area (TPSA) is 58.6 Å². The zero-order valence-electron chi connectivity index (χ0n) is 18.8. The molecule has 1 aliphatic rings. The first kappa shape index (κ1) is 22.9. The summed E-state index contributed by atoms with van der Waals surface area (Å²) in [7, 11) is 5.51. The average Bonchev–Trinajstić information content (AvgIpc) is 2.81. The van der Waals surface area contributed by atoms with Gasteiger partial charge < -0.3 is 24.4 Å². The Balaban J connectivity index is 1.54. The molecule has 0 bridgehead atoms. The summed E-state index contributed by atoms with van der Waals surface area (Å²) in [6, 6.07) is 16.2. The predicted octanol–water partition coefficient (Wildman–Crippen LogP) is 2.61. The number of aliphatic imine (C=N–C) groups is 1. The number of nitrogens with one attached hydrogen (secondary N) is 1. The van der Waals surface area contributed by atoms with Crippen molar-refractivity contribution in [1.29, 1.82) is 0 Å². The lowest BCUT2D eigenvalue weighted by Crippen LogP contribution is -2.39. The molecule has 1 heterocycles. The second-order valence-corrected chi connectivity index (χ2v) is 7.48. The smallest absolute Gasteiger partial charge is 0.193 e. The van der Waals surface area contributed by atoms with E-state index < -0.39 is 0 Å². The molecule has 1 saturated heterocycles. The number of nitrogens with zero attached hydrogens (tertiary/aromatic N) is 3. The summed E-state index contributed by atoms with van der Waals surface area (Å²) in [5.74, 6) is 2.60. The molecule has 1 N–H and O–H groups in total. The average molecular weight is 427 g/mol. The lowest BCUT2D eigenvalue weighted by Gasteiger charge is -2.26. The van der Waals surface area contributed by atoms with Gasteiger partial charge in [-0.15, -0.1) is 0 Å². The maximum atomic E-state index is 6.10. The number of ether oxygens (including phenoxy) is 3. The molecule has 2 aromatic carbocycles. The van der Waals surface area contributed by atoms with Crippen LogP contribution in [0, 0.1) is 0 Å². The van der Waals surface area contributed by atoms with Crippen LogP contribution < -0.4 is 14.8 Å². The van der Waals surface area contributed by atoms with Crippen LogP contribution >= 0.6 is 0 Å². The molecule has 0 aliphatic carbocycles. The fraction of sp³-hybridized carbons (Fsp3) is 0.458. The monoisotopic (exact) mass is 426 g/mol. The van der Waals surface area contributed by atoms with Gasteiger partial charge in [-0.25, -0.2) is 0 Å². The Kier molecular flexibility index (Phi) is 8.99. The molecule has 7 heteroatoms. The van der Waals surface area contributed by atoms with E-state index in [9.17, 15) is 0 Å². The van der Waals surface area contributed by atoms with Gasteiger partial charge in [-0.2, -0.15) is 0 Å². The van der Waals surface area contributed by atoms with E-state index in [0.29, 0.717) is 19.7 Å². The van der Waals surface area contributed by atoms with E-state index in [0.717, 1.165) is 61.4 Å². The van der Waals surface area contributed by atoms with Gasteiger partial charge in [0.1, 0.15) is 18.1 Å². The third kappa shape index (κ3) is 6.87. The first-order valence-electron chi connectivity index (χ1n) is 10.8. The molecule has 0 spiro atoms. The van der Waals surface area contributed by atoms with Crippen LogP contribution in [0.4, 0.5) is 0 Å². The number of hydrogen-bond donors (Lipinski definition) is 1. The number of morpholine rings is 1. The van der Waals surface area contributed by atoms with Crippen molar-refractivity contribution in [2.24, 2.45) is 4.99 Å². The van der Waals surface area contributed by atoms with Crippen LogP contribution in [0.1, 0.15) is 11.1 Å². The Hall–Kier alpha value is -2.77. The first-order chi connectivity index (χ1) is 15.2. The van der Waals surface area contributed by atoms with Crippen LogP contribution in [-0.2, 0) is 17.8 Å². The van der Waals surface area contributed by atoms with Crippen molar-refractivity contribution < 1.29 is 14.2 Å². The van der Waals surface area contributed by atoms with Crippen LogP contribution in [0.5, 0.6) is 11.5 Å². The maximum absolute atomic E-state index is 6.10. The summed E-state index contributed by atoms with van der Waals surface area (Å²) in [6.07, 6.45) is 0. The molecular formula is C24H34N4O3. The summed E-state index contributed by atoms with van der Waals surface area (Å²) in [4.78, 5) is 8.90. The van der Waals surface area contributed by atoms with Gasteiger partial charge in [0.25, 0.3) is 0 Å². The van der Waals surface area contributed by atoms with Gasteiger partial charge in [0.15, 0.2) is 5.96 Å². The zero-order valence-corrected chi connectivity index (χ0v) is 18.8. The van der Waals surface area contributed by atoms with Crippen LogP contribution in [-0.4, -0.2) is 76.4 Å². The SMILES string of the molecule is CN=C(NCc1ccccc1OCCN1CCOCC1)N(C)Cc1ccccc1OC. The van der Waals surface area contributed by atoms with E-state index in [-0.39, 0.29) is 0 Å². The van der Waals surface area contributed by atoms with E-state index in [1.807, 2.05) is 43.4 Å². The third-order valence-corrected chi connectivity index (χ3v) is 5.35. The molecule has 168 valence electrons. The third-order valence-electron chi connectivity index (χ3n) is 5.35. The van der Waals surface area contributed by atoms with Crippen molar-refractivity contribution >= 4 is 5.96 Å². The Morgan fingerprint density at radius 1 is 1.06 bits per heavy atom. The van der Waals surface area contributed by atoms with Gasteiger partial charge in [-0.3, -0.25) is 9.89 Å². The van der Waals surface area contributed by atoms with Crippen LogP contribution in [0.15, 0.2) is 53.5 Å². The van der Waals surface area contributed by atoms with Crippen LogP contribution in [0.2, 0.25) is 0 Å². The van der Waals surface area contributed by atoms with E-state index in [2.05, 4.69) is 32.2 Å². The fourth-order valence-electron chi connectivity index (χ4n) is 3.62. The molecule has 7 nitrogen and oxygen atoms in total. The maximum Gasteiger partial charge on any atom is 0.193 e. The van der Waals surface area contributed by atoms with Crippen molar-refractivity contribution in [2.45, 2.75) is 13.1 Å². The van der Waals surface area contributed by atoms with Crippen molar-refractivity contribution in [2.75, 3.05) is 60.7 Å². The number of hydrogen-bond acceptors (Lipinski definition) is 5. The number of guanidine groups is 1. The Labute approximate surface area is 185 Å². The lowest BCUT2D eigenvalue weighted by atomic mass is 10.2. The highest BCUT2D eigenvalue weighted by Crippen LogP contribution is 2.20. The largest absolute Gasteiger partial charge is 0.496 e. The number of rotatable bonds is 9. The van der Waals surface area contributed by atoms with Crippen molar-refractivity contribution in [3.63, 3.8) is 0 Å². The molecular weight excluding hydrogens is 392 g/mol. The van der Waals surface area contributed by atoms with Gasteiger partial charge >= 0.3 is 0 Å². The number of benzene rings is 2. The fourth-order valence-corrected chi connectivity index (χ4v) is 3.62. The molecule has 0 aromatic heterocycles. The molecule has 0 radical (unpaired) electrons. The van der Waals surface area contributed by atoms with Gasteiger partial charge in [-0.1, -0.05) is 36.4 Å². The summed E-state index contributed by atoms with van der Waals surface area (Å²) >= 11 is 0. The molecule has 1 aliphatic heterocycles. The van der Waals surface area contributed by atoms with Gasteiger partial charge in [0.05, 0.1) is 20.3 Å². The summed E-state index contributed by atoms with van der Waals surface area (Å²) in [5.41, 5.74) is 2.22. The summed E-state index contributed by atoms with van der Waals surface area (Å²) < 4.78 is 17.0. The highest BCUT2D eigenvalue weighted by Gasteiger charge is 2.12. The molecule has 2 aromatic rings. The van der Waals surface area contributed by atoms with E-state index >= 15 is 0 Å². The summed E-state index contributed by atoms with van der Waals surface area (Å²) in [6.45, 7) is 6.47. The molecule has 0 unspecified atom stereocenters. The highest BCUT2D eigenvalue weighted by molar-refractivity contribution is 5.79. The molecule has 0 saturated carbocycles. The van der Waals surface area contributed by atoms with E-state index in [1.165, 1.54) is 0 Å². The minimum Gasteiger partial charge on any atom is -0.496 e. The first-order valence-corrected chi connectivity index (χ1v) is 10.8. The van der Waals surface area contributed by atoms with Crippen LogP contribution in [0.3, 0.4) is 0 Å². The highest BCUT2D eigenvalue weighted by atomic mass is 16.5. The zero-order chi connectivity index (χ0) is 21.9. The normalized spacial score (nSPS) is 14.9. The Morgan fingerprint density at radius 3 is 2.45 bits per heavy atom. The molecule has 1 fully saturated rings. The molecule has 31 heavy (non-hydrogen) atoms. The predicted molar refractivity (Wildman–Crippen MR) is 124 cm³/mol. The number of para-hydroxylation sites is 2. The van der Waals surface area contributed by atoms with E-state index in [4.69, 9.17) is 14.2 Å². The van der Waals surface area contributed by atoms with Crippen molar-refractivity contribution in [3.05, 3.63) is 59.7 Å². The van der Waals surface area contributed by atoms with Crippen LogP contribution in [0.25, 0.3) is 0 Å². The van der Waals surface area contributed by atoms with Gasteiger partial charge in [0, 0.05) is 57.9 Å². The minimum absolute atomic E-state index is 0.636. The number of methoxy groups -OCH3 is 1.